The van der Waals surface area contributed by atoms with Gasteiger partial charge in [0.25, 0.3) is 0 Å². The number of likely N-dealkylation sites (tertiary alicyclic amines) is 1. The van der Waals surface area contributed by atoms with Gasteiger partial charge >= 0.3 is 6.01 Å². The first kappa shape index (κ1) is 31.4. The van der Waals surface area contributed by atoms with E-state index in [1.165, 1.54) is 12.5 Å². The van der Waals surface area contributed by atoms with Crippen LogP contribution in [0.5, 0.6) is 6.01 Å². The molecule has 1 aromatic heterocycles. The van der Waals surface area contributed by atoms with Gasteiger partial charge in [0.1, 0.15) is 17.1 Å². The Hall–Kier alpha value is -3.24. The number of aliphatic hydroxyl groups is 1. The van der Waals surface area contributed by atoms with Crippen molar-refractivity contribution in [2.24, 2.45) is 5.41 Å². The summed E-state index contributed by atoms with van der Waals surface area (Å²) in [7, 11) is 0. The molecule has 2 bridgehead atoms. The Morgan fingerprint density at radius 2 is 2.02 bits per heavy atom. The highest BCUT2D eigenvalue weighted by molar-refractivity contribution is 6.33. The molecule has 7 rings (SSSR count). The van der Waals surface area contributed by atoms with Gasteiger partial charge in [-0.3, -0.25) is 0 Å². The monoisotopic (exact) mass is 647 g/mol. The molecule has 46 heavy (non-hydrogen) atoms. The third-order valence-corrected chi connectivity index (χ3v) is 10.5. The molecule has 8 nitrogen and oxygen atoms in total. The van der Waals surface area contributed by atoms with E-state index < -0.39 is 5.82 Å². The van der Waals surface area contributed by atoms with E-state index >= 15 is 4.39 Å². The molecule has 0 radical (unpaired) electrons. The summed E-state index contributed by atoms with van der Waals surface area (Å²) >= 11 is 6.79. The molecule has 2 aromatic carbocycles. The van der Waals surface area contributed by atoms with Gasteiger partial charge < -0.3 is 29.7 Å². The molecular weight excluding hydrogens is 605 g/mol. The van der Waals surface area contributed by atoms with Crippen LogP contribution in [0.15, 0.2) is 42.2 Å². The minimum atomic E-state index is -0.548. The zero-order chi connectivity index (χ0) is 31.8. The van der Waals surface area contributed by atoms with E-state index in [-0.39, 0.29) is 27.9 Å². The van der Waals surface area contributed by atoms with Crippen molar-refractivity contribution in [3.05, 3.63) is 69.7 Å². The van der Waals surface area contributed by atoms with Crippen LogP contribution in [0.2, 0.25) is 5.02 Å². The smallest absolute Gasteiger partial charge is 0.319 e. The van der Waals surface area contributed by atoms with Gasteiger partial charge in [-0.1, -0.05) is 35.9 Å². The summed E-state index contributed by atoms with van der Waals surface area (Å²) in [4.78, 5) is 14.2. The Morgan fingerprint density at radius 3 is 2.78 bits per heavy atom. The Morgan fingerprint density at radius 1 is 1.22 bits per heavy atom. The van der Waals surface area contributed by atoms with Crippen LogP contribution in [-0.2, 0) is 4.74 Å². The van der Waals surface area contributed by atoms with Crippen molar-refractivity contribution in [1.29, 1.82) is 0 Å². The second kappa shape index (κ2) is 13.1. The van der Waals surface area contributed by atoms with Gasteiger partial charge in [0.05, 0.1) is 18.2 Å². The number of anilines is 1. The summed E-state index contributed by atoms with van der Waals surface area (Å²) in [6.45, 7) is 10.6. The molecule has 3 aromatic rings. The van der Waals surface area contributed by atoms with Gasteiger partial charge in [0, 0.05) is 61.2 Å². The Bertz CT molecular complexity index is 1660. The number of fused-ring (bicyclic) bond motifs is 3. The lowest BCUT2D eigenvalue weighted by molar-refractivity contribution is 0.151. The molecule has 10 heteroatoms. The average Bonchev–Trinajstić information content (AvgIpc) is 3.76. The van der Waals surface area contributed by atoms with Crippen LogP contribution in [0.1, 0.15) is 55.7 Å². The SMILES string of the molecule is C/C(=C\C(O)=C/c1ccccc1C)c1c(Cl)cc2c(N3CC4CCC(C3)N4)nc(OCCCN3CCC4(CCOC4)C3)nc2c1F. The van der Waals surface area contributed by atoms with Crippen molar-refractivity contribution in [1.82, 2.24) is 20.2 Å². The van der Waals surface area contributed by atoms with E-state index in [1.54, 1.807) is 19.1 Å². The molecule has 0 amide bonds. The van der Waals surface area contributed by atoms with Crippen LogP contribution in [0.3, 0.4) is 0 Å². The molecular formula is C36H43ClFN5O3. The number of benzene rings is 2. The fourth-order valence-corrected chi connectivity index (χ4v) is 8.02. The first-order chi connectivity index (χ1) is 22.3. The predicted octanol–water partition coefficient (Wildman–Crippen LogP) is 6.56. The number of halogens is 2. The molecule has 0 aliphatic carbocycles. The Labute approximate surface area is 275 Å². The minimum absolute atomic E-state index is 0.00966. The summed E-state index contributed by atoms with van der Waals surface area (Å²) in [5.41, 5.74) is 3.11. The van der Waals surface area contributed by atoms with Crippen molar-refractivity contribution >= 4 is 40.0 Å². The van der Waals surface area contributed by atoms with Crippen molar-refractivity contribution in [3.63, 3.8) is 0 Å². The van der Waals surface area contributed by atoms with Gasteiger partial charge in [-0.2, -0.15) is 9.97 Å². The lowest BCUT2D eigenvalue weighted by atomic mass is 9.87. The van der Waals surface area contributed by atoms with Crippen molar-refractivity contribution < 1.29 is 19.0 Å². The van der Waals surface area contributed by atoms with E-state index in [2.05, 4.69) is 20.1 Å². The zero-order valence-electron chi connectivity index (χ0n) is 26.7. The zero-order valence-corrected chi connectivity index (χ0v) is 27.5. The fraction of sp³-hybridized carbons (Fsp3) is 0.500. The van der Waals surface area contributed by atoms with Gasteiger partial charge in [-0.15, -0.1) is 0 Å². The van der Waals surface area contributed by atoms with E-state index in [4.69, 9.17) is 26.1 Å². The van der Waals surface area contributed by atoms with Crippen molar-refractivity contribution in [2.45, 2.75) is 58.0 Å². The van der Waals surface area contributed by atoms with E-state index in [9.17, 15) is 5.11 Å². The summed E-state index contributed by atoms with van der Waals surface area (Å²) in [5.74, 6) is 0.112. The summed E-state index contributed by atoms with van der Waals surface area (Å²) in [5, 5.41) is 15.2. The number of hydrogen-bond acceptors (Lipinski definition) is 8. The van der Waals surface area contributed by atoms with Crippen LogP contribution in [0, 0.1) is 18.2 Å². The average molecular weight is 648 g/mol. The highest BCUT2D eigenvalue weighted by atomic mass is 35.5. The van der Waals surface area contributed by atoms with Crippen LogP contribution in [-0.4, -0.2) is 84.6 Å². The van der Waals surface area contributed by atoms with E-state index in [0.29, 0.717) is 40.9 Å². The number of nitrogens with zero attached hydrogens (tertiary/aromatic N) is 4. The number of rotatable bonds is 9. The molecule has 4 aliphatic rings. The van der Waals surface area contributed by atoms with Crippen LogP contribution < -0.4 is 15.0 Å². The topological polar surface area (TPSA) is 83.0 Å². The second-order valence-corrected chi connectivity index (χ2v) is 14.0. The third-order valence-electron chi connectivity index (χ3n) is 10.2. The fourth-order valence-electron chi connectivity index (χ4n) is 7.68. The quantitative estimate of drug-likeness (QED) is 0.154. The van der Waals surface area contributed by atoms with Gasteiger partial charge in [0.2, 0.25) is 0 Å². The van der Waals surface area contributed by atoms with E-state index in [1.807, 2.05) is 31.2 Å². The van der Waals surface area contributed by atoms with Gasteiger partial charge in [-0.25, -0.2) is 4.39 Å². The molecule has 5 heterocycles. The van der Waals surface area contributed by atoms with Gasteiger partial charge in [0.15, 0.2) is 5.82 Å². The minimum Gasteiger partial charge on any atom is -0.508 e. The highest BCUT2D eigenvalue weighted by Gasteiger charge is 2.41. The first-order valence-corrected chi connectivity index (χ1v) is 16.9. The van der Waals surface area contributed by atoms with Crippen LogP contribution >= 0.6 is 11.6 Å². The molecule has 4 saturated heterocycles. The normalized spacial score (nSPS) is 25.3. The van der Waals surface area contributed by atoms with Crippen molar-refractivity contribution in [3.8, 4) is 6.01 Å². The first-order valence-electron chi connectivity index (χ1n) is 16.6. The van der Waals surface area contributed by atoms with Crippen LogP contribution in [0.4, 0.5) is 10.2 Å². The summed E-state index contributed by atoms with van der Waals surface area (Å²) < 4.78 is 28.4. The predicted molar refractivity (Wildman–Crippen MR) is 181 cm³/mol. The maximum Gasteiger partial charge on any atom is 0.319 e. The standard InChI is InChI=1S/C36H43ClFN5O3/c1-23-6-3-4-7-25(23)17-28(44)16-24(2)31-30(37)18-29-33(32(31)38)40-35(41-34(29)43-19-26-8-9-27(20-43)39-26)46-14-5-12-42-13-10-36(21-42)11-15-45-22-36/h3-4,6-7,16-18,26-27,39,44H,5,8-15,19-22H2,1-2H3/b24-16+,28-17+. The van der Waals surface area contributed by atoms with E-state index in [0.717, 1.165) is 82.7 Å². The number of aliphatic hydroxyl groups excluding tert-OH is 1. The molecule has 244 valence electrons. The molecule has 3 atom stereocenters. The van der Waals surface area contributed by atoms with Crippen LogP contribution in [0.25, 0.3) is 22.6 Å². The maximum atomic E-state index is 16.5. The van der Waals surface area contributed by atoms with Crippen molar-refractivity contribution in [2.75, 3.05) is 57.4 Å². The maximum absolute atomic E-state index is 16.5. The molecule has 2 N–H and O–H groups in total. The third kappa shape index (κ3) is 6.47. The number of aromatic nitrogens is 2. The number of allylic oxidation sites excluding steroid dienone is 2. The molecule has 0 saturated carbocycles. The number of piperazine rings is 1. The molecule has 1 spiro atoms. The number of aryl methyl sites for hydroxylation is 1. The number of ether oxygens (including phenoxy) is 2. The summed E-state index contributed by atoms with van der Waals surface area (Å²) in [6, 6.07) is 10.4. The Kier molecular flexibility index (Phi) is 8.94. The molecule has 4 aliphatic heterocycles. The molecule has 3 unspecified atom stereocenters. The lowest BCUT2D eigenvalue weighted by Gasteiger charge is -2.34. The number of nitrogens with one attached hydrogen (secondary N) is 1. The molecule has 4 fully saturated rings. The number of hydrogen-bond donors (Lipinski definition) is 2. The lowest BCUT2D eigenvalue weighted by Crippen LogP contribution is -2.51. The second-order valence-electron chi connectivity index (χ2n) is 13.6. The van der Waals surface area contributed by atoms with Gasteiger partial charge in [-0.05, 0) is 87.4 Å². The highest BCUT2D eigenvalue weighted by Crippen LogP contribution is 2.39. The Balaban J connectivity index is 1.16. The summed E-state index contributed by atoms with van der Waals surface area (Å²) in [6.07, 6.45) is 8.59. The largest absolute Gasteiger partial charge is 0.508 e.